The molecule has 2 atom stereocenters. The van der Waals surface area contributed by atoms with Crippen molar-refractivity contribution in [3.05, 3.63) is 48.3 Å². The van der Waals surface area contributed by atoms with Crippen LogP contribution >= 0.6 is 0 Å². The second-order valence-corrected chi connectivity index (χ2v) is 5.04. The summed E-state index contributed by atoms with van der Waals surface area (Å²) in [6.07, 6.45) is 4.68. The Morgan fingerprint density at radius 2 is 2.15 bits per heavy atom. The van der Waals surface area contributed by atoms with Gasteiger partial charge < -0.3 is 18.8 Å². The molecule has 5 nitrogen and oxygen atoms in total. The Balaban J connectivity index is 1.68. The number of likely N-dealkylation sites (tertiary alicyclic amines) is 1. The van der Waals surface area contributed by atoms with Gasteiger partial charge in [0.1, 0.15) is 11.9 Å². The van der Waals surface area contributed by atoms with E-state index in [1.54, 1.807) is 35.4 Å². The highest BCUT2D eigenvalue weighted by molar-refractivity contribution is 5.91. The second kappa shape index (κ2) is 5.54. The zero-order valence-corrected chi connectivity index (χ0v) is 11.1. The minimum Gasteiger partial charge on any atom is -0.467 e. The highest BCUT2D eigenvalue weighted by atomic mass is 16.4. The number of carbonyl (C=O) groups excluding carboxylic acids is 1. The monoisotopic (exact) mass is 275 g/mol. The van der Waals surface area contributed by atoms with Gasteiger partial charge in [0, 0.05) is 19.0 Å². The molecule has 106 valence electrons. The van der Waals surface area contributed by atoms with Gasteiger partial charge in [-0.25, -0.2) is 0 Å². The van der Waals surface area contributed by atoms with Crippen LogP contribution in [0, 0.1) is 0 Å². The number of aliphatic hydroxyl groups is 1. The van der Waals surface area contributed by atoms with Gasteiger partial charge in [0.2, 0.25) is 0 Å². The van der Waals surface area contributed by atoms with Crippen LogP contribution in [0.2, 0.25) is 0 Å². The molecular weight excluding hydrogens is 258 g/mol. The minimum absolute atomic E-state index is 0.0210. The van der Waals surface area contributed by atoms with Crippen molar-refractivity contribution in [2.75, 3.05) is 6.54 Å². The normalized spacial score (nSPS) is 20.2. The maximum atomic E-state index is 12.3. The van der Waals surface area contributed by atoms with Gasteiger partial charge in [0.05, 0.1) is 12.5 Å². The summed E-state index contributed by atoms with van der Waals surface area (Å²) in [5, 5.41) is 10.1. The smallest absolute Gasteiger partial charge is 0.289 e. The number of nitrogens with zero attached hydrogens (tertiary/aromatic N) is 1. The fourth-order valence-electron chi connectivity index (χ4n) is 2.74. The molecule has 0 bridgehead atoms. The Bertz CT molecular complexity index is 546. The molecule has 1 saturated heterocycles. The minimum atomic E-state index is -0.681. The Morgan fingerprint density at radius 1 is 1.35 bits per heavy atom. The summed E-state index contributed by atoms with van der Waals surface area (Å²) in [5.74, 6) is 0.788. The van der Waals surface area contributed by atoms with E-state index in [1.165, 1.54) is 6.26 Å². The first kappa shape index (κ1) is 13.0. The molecule has 3 rings (SSSR count). The first-order valence-corrected chi connectivity index (χ1v) is 6.81. The van der Waals surface area contributed by atoms with E-state index < -0.39 is 6.10 Å². The highest BCUT2D eigenvalue weighted by Gasteiger charge is 2.32. The van der Waals surface area contributed by atoms with Crippen LogP contribution in [0.4, 0.5) is 0 Å². The number of furan rings is 2. The zero-order chi connectivity index (χ0) is 13.9. The molecule has 0 spiro atoms. The first-order valence-electron chi connectivity index (χ1n) is 6.81. The largest absolute Gasteiger partial charge is 0.467 e. The highest BCUT2D eigenvalue weighted by Crippen LogP contribution is 2.28. The van der Waals surface area contributed by atoms with Gasteiger partial charge in [-0.1, -0.05) is 0 Å². The van der Waals surface area contributed by atoms with Gasteiger partial charge in [-0.05, 0) is 37.1 Å². The van der Waals surface area contributed by atoms with E-state index >= 15 is 0 Å². The molecule has 1 amide bonds. The van der Waals surface area contributed by atoms with E-state index in [2.05, 4.69) is 0 Å². The van der Waals surface area contributed by atoms with E-state index in [4.69, 9.17) is 8.83 Å². The van der Waals surface area contributed by atoms with Crippen LogP contribution < -0.4 is 0 Å². The zero-order valence-electron chi connectivity index (χ0n) is 11.1. The molecule has 1 fully saturated rings. The predicted octanol–water partition coefficient (Wildman–Crippen LogP) is 2.60. The standard InChI is InChI=1S/C15H17NO4/c17-12(13-5-2-8-19-13)10-11-4-1-7-16(11)15(18)14-6-3-9-20-14/h2-3,5-6,8-9,11-12,17H,1,4,7,10H2. The van der Waals surface area contributed by atoms with Gasteiger partial charge in [0.25, 0.3) is 5.91 Å². The van der Waals surface area contributed by atoms with E-state index in [0.29, 0.717) is 24.5 Å². The van der Waals surface area contributed by atoms with Crippen molar-refractivity contribution in [3.8, 4) is 0 Å². The van der Waals surface area contributed by atoms with Crippen molar-refractivity contribution in [1.29, 1.82) is 0 Å². The third-order valence-electron chi connectivity index (χ3n) is 3.74. The van der Waals surface area contributed by atoms with Crippen molar-refractivity contribution in [2.45, 2.75) is 31.4 Å². The number of hydrogen-bond donors (Lipinski definition) is 1. The van der Waals surface area contributed by atoms with Crippen molar-refractivity contribution in [2.24, 2.45) is 0 Å². The van der Waals surface area contributed by atoms with E-state index in [1.807, 2.05) is 0 Å². The van der Waals surface area contributed by atoms with Crippen LogP contribution in [0.3, 0.4) is 0 Å². The van der Waals surface area contributed by atoms with Gasteiger partial charge in [-0.3, -0.25) is 4.79 Å². The molecule has 1 aliphatic rings. The Labute approximate surface area is 116 Å². The third kappa shape index (κ3) is 2.49. The Hall–Kier alpha value is -2.01. The molecule has 2 aromatic heterocycles. The van der Waals surface area contributed by atoms with Crippen molar-refractivity contribution < 1.29 is 18.7 Å². The van der Waals surface area contributed by atoms with Crippen LogP contribution in [0.15, 0.2) is 45.6 Å². The molecule has 5 heteroatoms. The fourth-order valence-corrected chi connectivity index (χ4v) is 2.74. The topological polar surface area (TPSA) is 66.8 Å². The van der Waals surface area contributed by atoms with Crippen molar-refractivity contribution in [1.82, 2.24) is 4.90 Å². The van der Waals surface area contributed by atoms with Crippen molar-refractivity contribution >= 4 is 5.91 Å². The van der Waals surface area contributed by atoms with Crippen LogP contribution in [0.1, 0.15) is 41.7 Å². The molecule has 0 aromatic carbocycles. The lowest BCUT2D eigenvalue weighted by Crippen LogP contribution is -2.36. The van der Waals surface area contributed by atoms with Gasteiger partial charge >= 0.3 is 0 Å². The third-order valence-corrected chi connectivity index (χ3v) is 3.74. The average molecular weight is 275 g/mol. The predicted molar refractivity (Wildman–Crippen MR) is 71.1 cm³/mol. The summed E-state index contributed by atoms with van der Waals surface area (Å²) < 4.78 is 10.4. The van der Waals surface area contributed by atoms with E-state index in [9.17, 15) is 9.90 Å². The molecule has 0 radical (unpaired) electrons. The summed E-state index contributed by atoms with van der Waals surface area (Å²) in [5.41, 5.74) is 0. The van der Waals surface area contributed by atoms with Crippen LogP contribution in [-0.4, -0.2) is 28.5 Å². The van der Waals surface area contributed by atoms with Crippen LogP contribution in [0.5, 0.6) is 0 Å². The fraction of sp³-hybridized carbons (Fsp3) is 0.400. The van der Waals surface area contributed by atoms with E-state index in [0.717, 1.165) is 12.8 Å². The summed E-state index contributed by atoms with van der Waals surface area (Å²) in [4.78, 5) is 14.1. The summed E-state index contributed by atoms with van der Waals surface area (Å²) >= 11 is 0. The quantitative estimate of drug-likeness (QED) is 0.931. The number of aliphatic hydroxyl groups excluding tert-OH is 1. The molecule has 20 heavy (non-hydrogen) atoms. The lowest BCUT2D eigenvalue weighted by atomic mass is 10.1. The molecule has 0 aliphatic carbocycles. The number of amides is 1. The molecule has 2 unspecified atom stereocenters. The second-order valence-electron chi connectivity index (χ2n) is 5.04. The average Bonchev–Trinajstić information content (AvgIpc) is 3.20. The van der Waals surface area contributed by atoms with Crippen LogP contribution in [-0.2, 0) is 0 Å². The van der Waals surface area contributed by atoms with E-state index in [-0.39, 0.29) is 11.9 Å². The number of rotatable bonds is 4. The molecule has 1 N–H and O–H groups in total. The first-order chi connectivity index (χ1) is 9.75. The summed E-state index contributed by atoms with van der Waals surface area (Å²) in [6, 6.07) is 6.89. The number of carbonyl (C=O) groups is 1. The molecule has 2 aromatic rings. The van der Waals surface area contributed by atoms with Crippen molar-refractivity contribution in [3.63, 3.8) is 0 Å². The van der Waals surface area contributed by atoms with Crippen LogP contribution in [0.25, 0.3) is 0 Å². The van der Waals surface area contributed by atoms with Gasteiger partial charge in [0.15, 0.2) is 5.76 Å². The lowest BCUT2D eigenvalue weighted by Gasteiger charge is -2.25. The summed E-state index contributed by atoms with van der Waals surface area (Å²) in [7, 11) is 0. The molecule has 1 aliphatic heterocycles. The van der Waals surface area contributed by atoms with Gasteiger partial charge in [-0.15, -0.1) is 0 Å². The summed E-state index contributed by atoms with van der Waals surface area (Å²) in [6.45, 7) is 0.703. The molecule has 3 heterocycles. The Morgan fingerprint density at radius 3 is 2.85 bits per heavy atom. The maximum absolute atomic E-state index is 12.3. The molecular formula is C15H17NO4. The van der Waals surface area contributed by atoms with Gasteiger partial charge in [-0.2, -0.15) is 0 Å². The maximum Gasteiger partial charge on any atom is 0.289 e. The number of hydrogen-bond acceptors (Lipinski definition) is 4. The Kier molecular flexibility index (Phi) is 3.60. The lowest BCUT2D eigenvalue weighted by molar-refractivity contribution is 0.0612. The SMILES string of the molecule is O=C(c1ccco1)N1CCCC1CC(O)c1ccco1. The molecule has 0 saturated carbocycles.